The van der Waals surface area contributed by atoms with Crippen molar-refractivity contribution in [3.8, 4) is 5.75 Å². The number of carboxylic acid groups (broad SMARTS) is 1. The molecule has 7 nitrogen and oxygen atoms in total. The number of nitrogens with one attached hydrogen (secondary N) is 1. The first-order valence-corrected chi connectivity index (χ1v) is 10.9. The molecule has 1 rings (SSSR count). The minimum absolute atomic E-state index is 0.111. The van der Waals surface area contributed by atoms with Crippen LogP contribution in [0.25, 0.3) is 0 Å². The van der Waals surface area contributed by atoms with E-state index in [2.05, 4.69) is 16.6 Å². The van der Waals surface area contributed by atoms with Gasteiger partial charge in [-0.1, -0.05) is 51.3 Å². The van der Waals surface area contributed by atoms with E-state index in [9.17, 15) is 9.90 Å². The van der Waals surface area contributed by atoms with Crippen molar-refractivity contribution in [2.75, 3.05) is 18.9 Å². The number of aliphatic imine (C=N–C) groups is 1. The van der Waals surface area contributed by atoms with E-state index in [4.69, 9.17) is 16.2 Å². The minimum Gasteiger partial charge on any atom is -0.494 e. The number of carbonyl (C=O) groups is 1. The number of benzene rings is 1. The molecule has 0 aliphatic heterocycles. The van der Waals surface area contributed by atoms with Gasteiger partial charge in [0.15, 0.2) is 5.96 Å². The number of guanidine groups is 1. The van der Waals surface area contributed by atoms with Crippen LogP contribution >= 0.6 is 11.9 Å². The van der Waals surface area contributed by atoms with Crippen LogP contribution in [0.15, 0.2) is 29.3 Å². The molecule has 0 aromatic heterocycles. The standard InChI is InChI=1S/C18H30N4O3S.C2H6/c1-2-3-12-26-22-16(17(23)24)13-14-6-8-15(9-7-14)25-11-5-4-10-21-18(19)20;1-2/h6-9,16,22H,2-5,10-13H2,1H3,(H,23,24)(H4,19,20,21);1-2H3/t16-;/m1./s1. The van der Waals surface area contributed by atoms with Crippen LogP contribution in [0.3, 0.4) is 0 Å². The lowest BCUT2D eigenvalue weighted by molar-refractivity contribution is -0.138. The largest absolute Gasteiger partial charge is 0.494 e. The molecule has 0 radical (unpaired) electrons. The third-order valence-corrected chi connectivity index (χ3v) is 4.55. The normalized spacial score (nSPS) is 11.1. The van der Waals surface area contributed by atoms with E-state index in [1.807, 2.05) is 38.1 Å². The fourth-order valence-electron chi connectivity index (χ4n) is 2.12. The third kappa shape index (κ3) is 13.3. The molecule has 1 aromatic rings. The SMILES string of the molecule is CC.CCCCSN[C@H](Cc1ccc(OCCCCN=C(N)N)cc1)C(=O)O. The average Bonchev–Trinajstić information content (AvgIpc) is 2.69. The van der Waals surface area contributed by atoms with Crippen LogP contribution < -0.4 is 20.9 Å². The second-order valence-electron chi connectivity index (χ2n) is 5.92. The molecule has 6 N–H and O–H groups in total. The Labute approximate surface area is 173 Å². The van der Waals surface area contributed by atoms with Crippen LogP contribution in [-0.2, 0) is 11.2 Å². The van der Waals surface area contributed by atoms with Crippen molar-refractivity contribution in [2.24, 2.45) is 16.5 Å². The molecule has 28 heavy (non-hydrogen) atoms. The highest BCUT2D eigenvalue weighted by atomic mass is 32.2. The number of ether oxygens (including phenoxy) is 1. The van der Waals surface area contributed by atoms with Crippen LogP contribution in [0.1, 0.15) is 52.0 Å². The lowest BCUT2D eigenvalue weighted by Crippen LogP contribution is -2.34. The summed E-state index contributed by atoms with van der Waals surface area (Å²) in [7, 11) is 0. The first kappa shape index (κ1) is 26.1. The molecule has 160 valence electrons. The predicted molar refractivity (Wildman–Crippen MR) is 119 cm³/mol. The predicted octanol–water partition coefficient (Wildman–Crippen LogP) is 3.18. The van der Waals surface area contributed by atoms with Crippen LogP contribution in [0, 0.1) is 0 Å². The molecule has 0 aliphatic rings. The van der Waals surface area contributed by atoms with Crippen LogP contribution in [0.5, 0.6) is 5.75 Å². The monoisotopic (exact) mass is 412 g/mol. The fourth-order valence-corrected chi connectivity index (χ4v) is 3.06. The number of hydrogen-bond acceptors (Lipinski definition) is 5. The van der Waals surface area contributed by atoms with Gasteiger partial charge in [-0.05, 0) is 43.4 Å². The van der Waals surface area contributed by atoms with Crippen molar-refractivity contribution in [1.29, 1.82) is 0 Å². The van der Waals surface area contributed by atoms with Crippen LogP contribution in [0.2, 0.25) is 0 Å². The van der Waals surface area contributed by atoms with Gasteiger partial charge in [0, 0.05) is 12.3 Å². The van der Waals surface area contributed by atoms with E-state index in [-0.39, 0.29) is 5.96 Å². The molecule has 0 amide bonds. The summed E-state index contributed by atoms with van der Waals surface area (Å²) in [5, 5.41) is 9.34. The molecule has 0 unspecified atom stereocenters. The van der Waals surface area contributed by atoms with Crippen molar-refractivity contribution in [3.05, 3.63) is 29.8 Å². The minimum atomic E-state index is -0.838. The fraction of sp³-hybridized carbons (Fsp3) is 0.600. The number of nitrogens with zero attached hydrogens (tertiary/aromatic N) is 1. The van der Waals surface area contributed by atoms with Crippen LogP contribution in [-0.4, -0.2) is 42.0 Å². The van der Waals surface area contributed by atoms with Gasteiger partial charge in [0.1, 0.15) is 11.8 Å². The summed E-state index contributed by atoms with van der Waals surface area (Å²) in [6.07, 6.45) is 4.33. The molecular formula is C20H36N4O3S. The van der Waals surface area contributed by atoms with Gasteiger partial charge in [-0.15, -0.1) is 0 Å². The van der Waals surface area contributed by atoms with Crippen molar-refractivity contribution >= 4 is 23.9 Å². The van der Waals surface area contributed by atoms with Gasteiger partial charge in [-0.2, -0.15) is 0 Å². The van der Waals surface area contributed by atoms with Gasteiger partial charge in [0.05, 0.1) is 6.61 Å². The molecule has 0 spiro atoms. The number of rotatable bonds is 14. The van der Waals surface area contributed by atoms with Crippen molar-refractivity contribution < 1.29 is 14.6 Å². The summed E-state index contributed by atoms with van der Waals surface area (Å²) in [6, 6.07) is 6.95. The quantitative estimate of drug-likeness (QED) is 0.160. The zero-order valence-electron chi connectivity index (χ0n) is 17.3. The molecule has 0 aliphatic carbocycles. The Hall–Kier alpha value is -1.93. The topological polar surface area (TPSA) is 123 Å². The first-order valence-electron chi connectivity index (χ1n) is 9.90. The molecular weight excluding hydrogens is 376 g/mol. The average molecular weight is 413 g/mol. The highest BCUT2D eigenvalue weighted by molar-refractivity contribution is 7.97. The van der Waals surface area contributed by atoms with Gasteiger partial charge in [0.25, 0.3) is 0 Å². The summed E-state index contributed by atoms with van der Waals surface area (Å²) < 4.78 is 8.70. The Morgan fingerprint density at radius 3 is 2.46 bits per heavy atom. The summed E-state index contributed by atoms with van der Waals surface area (Å²) in [5.74, 6) is 0.957. The van der Waals surface area contributed by atoms with E-state index >= 15 is 0 Å². The lowest BCUT2D eigenvalue weighted by atomic mass is 10.1. The zero-order valence-corrected chi connectivity index (χ0v) is 18.1. The Bertz CT molecular complexity index is 549. The highest BCUT2D eigenvalue weighted by Crippen LogP contribution is 2.15. The Balaban J connectivity index is 0.00000352. The number of nitrogens with two attached hydrogens (primary N) is 2. The lowest BCUT2D eigenvalue weighted by Gasteiger charge is -2.14. The van der Waals surface area contributed by atoms with Crippen molar-refractivity contribution in [1.82, 2.24) is 4.72 Å². The van der Waals surface area contributed by atoms with Crippen molar-refractivity contribution in [3.63, 3.8) is 0 Å². The molecule has 0 saturated heterocycles. The second-order valence-corrected chi connectivity index (χ2v) is 6.85. The number of carboxylic acids is 1. The first-order chi connectivity index (χ1) is 13.5. The number of aliphatic carboxylic acids is 1. The van der Waals surface area contributed by atoms with E-state index in [1.54, 1.807) is 0 Å². The van der Waals surface area contributed by atoms with Gasteiger partial charge in [-0.3, -0.25) is 9.79 Å². The maximum atomic E-state index is 11.4. The zero-order chi connectivity index (χ0) is 21.2. The van der Waals surface area contributed by atoms with Gasteiger partial charge < -0.3 is 21.3 Å². The van der Waals surface area contributed by atoms with Gasteiger partial charge >= 0.3 is 5.97 Å². The molecule has 0 fully saturated rings. The highest BCUT2D eigenvalue weighted by Gasteiger charge is 2.17. The molecule has 1 atom stereocenters. The maximum absolute atomic E-state index is 11.4. The summed E-state index contributed by atoms with van der Waals surface area (Å²) in [6.45, 7) is 7.31. The van der Waals surface area contributed by atoms with Crippen molar-refractivity contribution in [2.45, 2.75) is 58.9 Å². The molecule has 1 aromatic carbocycles. The van der Waals surface area contributed by atoms with Gasteiger partial charge in [0.2, 0.25) is 0 Å². The van der Waals surface area contributed by atoms with Crippen LogP contribution in [0.4, 0.5) is 0 Å². The second kappa shape index (κ2) is 17.2. The molecule has 0 heterocycles. The molecule has 0 saturated carbocycles. The third-order valence-electron chi connectivity index (χ3n) is 3.60. The number of hydrogen-bond donors (Lipinski definition) is 4. The Kier molecular flexibility index (Phi) is 16.0. The Morgan fingerprint density at radius 1 is 1.21 bits per heavy atom. The summed E-state index contributed by atoms with van der Waals surface area (Å²) in [5.41, 5.74) is 11.5. The summed E-state index contributed by atoms with van der Waals surface area (Å²) in [4.78, 5) is 15.3. The summed E-state index contributed by atoms with van der Waals surface area (Å²) >= 11 is 1.48. The maximum Gasteiger partial charge on any atom is 0.321 e. The van der Waals surface area contributed by atoms with E-state index in [0.29, 0.717) is 19.6 Å². The van der Waals surface area contributed by atoms with E-state index in [0.717, 1.165) is 42.7 Å². The number of unbranched alkanes of at least 4 members (excludes halogenated alkanes) is 2. The Morgan fingerprint density at radius 2 is 1.89 bits per heavy atom. The van der Waals surface area contributed by atoms with Gasteiger partial charge in [-0.25, -0.2) is 4.72 Å². The molecule has 0 bridgehead atoms. The smallest absolute Gasteiger partial charge is 0.321 e. The molecule has 8 heteroatoms. The van der Waals surface area contributed by atoms with E-state index < -0.39 is 12.0 Å². The van der Waals surface area contributed by atoms with E-state index in [1.165, 1.54) is 11.9 Å².